The lowest BCUT2D eigenvalue weighted by molar-refractivity contribution is -0.118. The highest BCUT2D eigenvalue weighted by Crippen LogP contribution is 2.29. The highest BCUT2D eigenvalue weighted by molar-refractivity contribution is 6.30. The SMILES string of the molecule is CC(=O)CN1CCN(c2cc3c(cc2F)nc(COc2ccccc2)n3Cc2ccc(Cl)cc2)CC1. The van der Waals surface area contributed by atoms with Gasteiger partial charge in [-0.15, -0.1) is 0 Å². The smallest absolute Gasteiger partial charge is 0.148 e. The summed E-state index contributed by atoms with van der Waals surface area (Å²) in [7, 11) is 0. The number of benzene rings is 3. The lowest BCUT2D eigenvalue weighted by atomic mass is 10.2. The first-order valence-corrected chi connectivity index (χ1v) is 12.4. The van der Waals surface area contributed by atoms with Crippen LogP contribution in [0.25, 0.3) is 11.0 Å². The van der Waals surface area contributed by atoms with Gasteiger partial charge in [0.25, 0.3) is 0 Å². The zero-order valence-corrected chi connectivity index (χ0v) is 20.9. The molecule has 3 aromatic carbocycles. The van der Waals surface area contributed by atoms with E-state index >= 15 is 4.39 Å². The molecule has 6 nitrogen and oxygen atoms in total. The molecule has 8 heteroatoms. The third-order valence-electron chi connectivity index (χ3n) is 6.42. The number of hydrogen-bond donors (Lipinski definition) is 0. The number of ketones is 1. The van der Waals surface area contributed by atoms with Crippen LogP contribution in [0.5, 0.6) is 5.75 Å². The van der Waals surface area contributed by atoms with Crippen molar-refractivity contribution < 1.29 is 13.9 Å². The molecule has 1 fully saturated rings. The van der Waals surface area contributed by atoms with Gasteiger partial charge in [-0.3, -0.25) is 9.69 Å². The molecule has 0 spiro atoms. The fourth-order valence-electron chi connectivity index (χ4n) is 4.61. The molecular formula is C28H28ClFN4O2. The summed E-state index contributed by atoms with van der Waals surface area (Å²) in [5.41, 5.74) is 3.05. The molecule has 186 valence electrons. The van der Waals surface area contributed by atoms with Gasteiger partial charge in [0, 0.05) is 43.8 Å². The Balaban J connectivity index is 1.47. The van der Waals surface area contributed by atoms with Gasteiger partial charge >= 0.3 is 0 Å². The number of fused-ring (bicyclic) bond motifs is 1. The van der Waals surface area contributed by atoms with Crippen molar-refractivity contribution in [2.45, 2.75) is 20.1 Å². The van der Waals surface area contributed by atoms with Crippen molar-refractivity contribution in [3.05, 3.63) is 89.0 Å². The third kappa shape index (κ3) is 5.53. The maximum atomic E-state index is 15.3. The predicted octanol–water partition coefficient (Wildman–Crippen LogP) is 5.17. The summed E-state index contributed by atoms with van der Waals surface area (Å²) in [5.74, 6) is 1.31. The number of Topliss-reactive ketones (excluding diaryl/α,β-unsaturated/α-hetero) is 1. The Labute approximate surface area is 214 Å². The van der Waals surface area contributed by atoms with Crippen LogP contribution in [0.3, 0.4) is 0 Å². The number of carbonyl (C=O) groups is 1. The molecule has 0 saturated carbocycles. The molecule has 5 rings (SSSR count). The molecule has 1 saturated heterocycles. The molecule has 0 amide bonds. The summed E-state index contributed by atoms with van der Waals surface area (Å²) < 4.78 is 23.3. The summed E-state index contributed by atoms with van der Waals surface area (Å²) >= 11 is 6.09. The summed E-state index contributed by atoms with van der Waals surface area (Å²) in [5, 5.41) is 0.676. The lowest BCUT2D eigenvalue weighted by Gasteiger charge is -2.35. The molecule has 0 bridgehead atoms. The van der Waals surface area contributed by atoms with E-state index in [1.807, 2.05) is 65.6 Å². The second-order valence-electron chi connectivity index (χ2n) is 9.10. The molecule has 0 N–H and O–H groups in total. The average Bonchev–Trinajstić information content (AvgIpc) is 3.20. The Hall–Kier alpha value is -3.42. The Morgan fingerprint density at radius 2 is 1.75 bits per heavy atom. The van der Waals surface area contributed by atoms with Crippen molar-refractivity contribution >= 4 is 34.1 Å². The van der Waals surface area contributed by atoms with Crippen molar-refractivity contribution in [3.8, 4) is 5.75 Å². The van der Waals surface area contributed by atoms with E-state index < -0.39 is 0 Å². The summed E-state index contributed by atoms with van der Waals surface area (Å²) in [6, 6.07) is 20.7. The molecule has 0 radical (unpaired) electrons. The monoisotopic (exact) mass is 506 g/mol. The number of rotatable bonds is 8. The fourth-order valence-corrected chi connectivity index (χ4v) is 4.74. The molecule has 36 heavy (non-hydrogen) atoms. The van der Waals surface area contributed by atoms with E-state index in [4.69, 9.17) is 21.3 Å². The van der Waals surface area contributed by atoms with Gasteiger partial charge in [-0.2, -0.15) is 0 Å². The van der Waals surface area contributed by atoms with Gasteiger partial charge in [0.15, 0.2) is 0 Å². The van der Waals surface area contributed by atoms with Crippen molar-refractivity contribution in [2.24, 2.45) is 0 Å². The number of ether oxygens (including phenoxy) is 1. The lowest BCUT2D eigenvalue weighted by Crippen LogP contribution is -2.48. The van der Waals surface area contributed by atoms with E-state index in [1.54, 1.807) is 6.92 Å². The largest absolute Gasteiger partial charge is 0.486 e. The number of nitrogens with zero attached hydrogens (tertiary/aromatic N) is 4. The van der Waals surface area contributed by atoms with Crippen LogP contribution < -0.4 is 9.64 Å². The minimum atomic E-state index is -0.297. The quantitative estimate of drug-likeness (QED) is 0.330. The van der Waals surface area contributed by atoms with E-state index in [1.165, 1.54) is 6.07 Å². The molecule has 0 unspecified atom stereocenters. The Morgan fingerprint density at radius 3 is 2.44 bits per heavy atom. The van der Waals surface area contributed by atoms with Crippen LogP contribution in [0.1, 0.15) is 18.3 Å². The number of para-hydroxylation sites is 1. The minimum Gasteiger partial charge on any atom is -0.486 e. The minimum absolute atomic E-state index is 0.146. The maximum Gasteiger partial charge on any atom is 0.148 e. The van der Waals surface area contributed by atoms with Crippen LogP contribution in [0.15, 0.2) is 66.7 Å². The van der Waals surface area contributed by atoms with E-state index in [2.05, 4.69) is 9.47 Å². The summed E-state index contributed by atoms with van der Waals surface area (Å²) in [6.07, 6.45) is 0. The maximum absolute atomic E-state index is 15.3. The highest BCUT2D eigenvalue weighted by Gasteiger charge is 2.22. The number of hydrogen-bond acceptors (Lipinski definition) is 5. The van der Waals surface area contributed by atoms with E-state index in [9.17, 15) is 4.79 Å². The fraction of sp³-hybridized carbons (Fsp3) is 0.286. The second-order valence-corrected chi connectivity index (χ2v) is 9.54. The van der Waals surface area contributed by atoms with Gasteiger partial charge in [-0.1, -0.05) is 41.9 Å². The van der Waals surface area contributed by atoms with Crippen LogP contribution in [-0.2, 0) is 17.9 Å². The summed E-state index contributed by atoms with van der Waals surface area (Å²) in [6.45, 7) is 5.60. The van der Waals surface area contributed by atoms with Gasteiger partial charge < -0.3 is 14.2 Å². The number of aromatic nitrogens is 2. The van der Waals surface area contributed by atoms with E-state index in [0.29, 0.717) is 48.2 Å². The Bertz CT molecular complexity index is 1350. The number of halogens is 2. The van der Waals surface area contributed by atoms with Crippen LogP contribution in [-0.4, -0.2) is 53.0 Å². The standard InChI is InChI=1S/C28H28ClFN4O2/c1-20(35)17-32-11-13-33(14-12-32)26-16-27-25(15-24(26)30)31-28(19-36-23-5-3-2-4-6-23)34(27)18-21-7-9-22(29)10-8-21/h2-10,15-16H,11-14,17-19H2,1H3. The average molecular weight is 507 g/mol. The van der Waals surface area contributed by atoms with Crippen molar-refractivity contribution in [3.63, 3.8) is 0 Å². The summed E-state index contributed by atoms with van der Waals surface area (Å²) in [4.78, 5) is 20.4. The number of piperazine rings is 1. The van der Waals surface area contributed by atoms with Crippen LogP contribution in [0.4, 0.5) is 10.1 Å². The van der Waals surface area contributed by atoms with Crippen molar-refractivity contribution in [1.82, 2.24) is 14.5 Å². The number of carbonyl (C=O) groups excluding carboxylic acids is 1. The van der Waals surface area contributed by atoms with Gasteiger partial charge in [-0.05, 0) is 42.8 Å². The van der Waals surface area contributed by atoms with E-state index in [-0.39, 0.29) is 18.2 Å². The van der Waals surface area contributed by atoms with Gasteiger partial charge in [-0.25, -0.2) is 9.37 Å². The molecule has 4 aromatic rings. The Kier molecular flexibility index (Phi) is 7.20. The van der Waals surface area contributed by atoms with E-state index in [0.717, 1.165) is 29.9 Å². The molecule has 0 aliphatic carbocycles. The molecular weight excluding hydrogens is 479 g/mol. The van der Waals surface area contributed by atoms with Crippen molar-refractivity contribution in [2.75, 3.05) is 37.6 Å². The Morgan fingerprint density at radius 1 is 1.03 bits per heavy atom. The first kappa shape index (κ1) is 24.3. The van der Waals surface area contributed by atoms with Gasteiger partial charge in [0.2, 0.25) is 0 Å². The molecule has 1 aromatic heterocycles. The first-order valence-electron chi connectivity index (χ1n) is 12.0. The van der Waals surface area contributed by atoms with Crippen LogP contribution in [0.2, 0.25) is 5.02 Å². The predicted molar refractivity (Wildman–Crippen MR) is 140 cm³/mol. The molecule has 2 heterocycles. The molecule has 1 aliphatic heterocycles. The second kappa shape index (κ2) is 10.7. The normalized spacial score (nSPS) is 14.4. The molecule has 1 aliphatic rings. The van der Waals surface area contributed by atoms with Crippen LogP contribution in [0, 0.1) is 5.82 Å². The highest BCUT2D eigenvalue weighted by atomic mass is 35.5. The topological polar surface area (TPSA) is 50.6 Å². The third-order valence-corrected chi connectivity index (χ3v) is 6.67. The number of anilines is 1. The first-order chi connectivity index (χ1) is 17.5. The number of imidazole rings is 1. The van der Waals surface area contributed by atoms with Crippen molar-refractivity contribution in [1.29, 1.82) is 0 Å². The van der Waals surface area contributed by atoms with Gasteiger partial charge in [0.05, 0.1) is 23.3 Å². The zero-order valence-electron chi connectivity index (χ0n) is 20.2. The van der Waals surface area contributed by atoms with Gasteiger partial charge in [0.1, 0.15) is 29.8 Å². The zero-order chi connectivity index (χ0) is 25.1. The molecule has 0 atom stereocenters. The van der Waals surface area contributed by atoms with Crippen LogP contribution >= 0.6 is 11.6 Å².